The molecule has 0 radical (unpaired) electrons. The molecule has 6 nitrogen and oxygen atoms in total. The number of esters is 3. The van der Waals surface area contributed by atoms with Gasteiger partial charge < -0.3 is 14.2 Å². The third-order valence-electron chi connectivity index (χ3n) is 15.6. The highest BCUT2D eigenvalue weighted by atomic mass is 16.6. The van der Waals surface area contributed by atoms with Crippen LogP contribution in [0.4, 0.5) is 0 Å². The molecule has 0 rings (SSSR count). The molecule has 0 spiro atoms. The number of carbonyl (C=O) groups excluding carboxylic acids is 3. The van der Waals surface area contributed by atoms with Crippen LogP contribution in [0.2, 0.25) is 0 Å². The van der Waals surface area contributed by atoms with Crippen LogP contribution in [0.3, 0.4) is 0 Å². The lowest BCUT2D eigenvalue weighted by Gasteiger charge is -2.18. The molecule has 0 aromatic rings. The summed E-state index contributed by atoms with van der Waals surface area (Å²) in [7, 11) is 0. The molecule has 0 heterocycles. The Morgan fingerprint density at radius 1 is 0.269 bits per heavy atom. The first kappa shape index (κ1) is 75.4. The summed E-state index contributed by atoms with van der Waals surface area (Å²) in [5.74, 6) is -0.835. The Hall–Kier alpha value is -2.63. The van der Waals surface area contributed by atoms with Crippen molar-refractivity contribution in [3.05, 3.63) is 48.6 Å². The Bertz CT molecular complexity index is 1350. The number of rotatable bonds is 64. The normalized spacial score (nSPS) is 12.3. The summed E-state index contributed by atoms with van der Waals surface area (Å²) in [5.41, 5.74) is 0. The fraction of sp³-hybridized carbons (Fsp3) is 0.847. The minimum Gasteiger partial charge on any atom is -0.462 e. The van der Waals surface area contributed by atoms with Gasteiger partial charge in [0, 0.05) is 19.3 Å². The third-order valence-corrected chi connectivity index (χ3v) is 15.6. The van der Waals surface area contributed by atoms with E-state index in [0.717, 1.165) is 83.5 Å². The minimum atomic E-state index is -0.768. The van der Waals surface area contributed by atoms with E-state index in [1.807, 2.05) is 0 Å². The first-order chi connectivity index (χ1) is 38.5. The summed E-state index contributed by atoms with van der Waals surface area (Å²) in [5, 5.41) is 0. The second-order valence-corrected chi connectivity index (χ2v) is 23.4. The van der Waals surface area contributed by atoms with E-state index in [2.05, 4.69) is 69.4 Å². The van der Waals surface area contributed by atoms with Crippen molar-refractivity contribution in [3.8, 4) is 0 Å². The summed E-state index contributed by atoms with van der Waals surface area (Å²) >= 11 is 0. The molecule has 0 aliphatic rings. The molecule has 0 amide bonds. The molecule has 0 saturated heterocycles. The minimum absolute atomic E-state index is 0.0653. The van der Waals surface area contributed by atoms with Gasteiger partial charge in [0.15, 0.2) is 6.10 Å². The van der Waals surface area contributed by atoms with Crippen molar-refractivity contribution in [3.63, 3.8) is 0 Å². The van der Waals surface area contributed by atoms with Gasteiger partial charge >= 0.3 is 17.9 Å². The highest BCUT2D eigenvalue weighted by molar-refractivity contribution is 5.71. The Morgan fingerprint density at radius 3 is 0.782 bits per heavy atom. The lowest BCUT2D eigenvalue weighted by atomic mass is 10.0. The van der Waals surface area contributed by atoms with Crippen LogP contribution in [0.1, 0.15) is 374 Å². The highest BCUT2D eigenvalue weighted by Gasteiger charge is 2.19. The monoisotopic (exact) mass is 1090 g/mol. The molecule has 0 bridgehead atoms. The van der Waals surface area contributed by atoms with Crippen LogP contribution < -0.4 is 0 Å². The molecular weight excluding hydrogens is 961 g/mol. The molecule has 0 fully saturated rings. The molecule has 0 saturated carbocycles. The van der Waals surface area contributed by atoms with Gasteiger partial charge in [-0.05, 0) is 57.8 Å². The maximum absolute atomic E-state index is 12.9. The molecule has 0 aromatic carbocycles. The lowest BCUT2D eigenvalue weighted by Crippen LogP contribution is -2.30. The van der Waals surface area contributed by atoms with Gasteiger partial charge in [0.05, 0.1) is 0 Å². The van der Waals surface area contributed by atoms with Crippen molar-refractivity contribution in [1.82, 2.24) is 0 Å². The quantitative estimate of drug-likeness (QED) is 0.0261. The summed E-state index contributed by atoms with van der Waals surface area (Å²) in [6.45, 7) is 6.60. The summed E-state index contributed by atoms with van der Waals surface area (Å²) in [4.78, 5) is 38.4. The number of hydrogen-bond donors (Lipinski definition) is 0. The molecule has 0 aliphatic carbocycles. The smallest absolute Gasteiger partial charge is 0.306 e. The molecular formula is C72H132O6. The van der Waals surface area contributed by atoms with Crippen molar-refractivity contribution >= 4 is 17.9 Å². The Morgan fingerprint density at radius 2 is 0.500 bits per heavy atom. The van der Waals surface area contributed by atoms with Crippen LogP contribution in [0.25, 0.3) is 0 Å². The van der Waals surface area contributed by atoms with Crippen molar-refractivity contribution in [2.45, 2.75) is 380 Å². The Labute approximate surface area is 486 Å². The Balaban J connectivity index is 4.20. The molecule has 1 unspecified atom stereocenters. The number of unbranched alkanes of at least 4 members (excludes halogenated alkanes) is 45. The molecule has 78 heavy (non-hydrogen) atoms. The van der Waals surface area contributed by atoms with Gasteiger partial charge in [-0.25, -0.2) is 0 Å². The van der Waals surface area contributed by atoms with E-state index in [1.54, 1.807) is 0 Å². The van der Waals surface area contributed by atoms with Crippen LogP contribution in [-0.2, 0) is 28.6 Å². The zero-order valence-corrected chi connectivity index (χ0v) is 52.5. The van der Waals surface area contributed by atoms with Crippen LogP contribution in [0.15, 0.2) is 48.6 Å². The topological polar surface area (TPSA) is 78.9 Å². The maximum Gasteiger partial charge on any atom is 0.306 e. The van der Waals surface area contributed by atoms with Crippen LogP contribution in [0.5, 0.6) is 0 Å². The zero-order valence-electron chi connectivity index (χ0n) is 52.5. The number of carbonyl (C=O) groups is 3. The van der Waals surface area contributed by atoms with E-state index in [4.69, 9.17) is 14.2 Å². The van der Waals surface area contributed by atoms with Crippen LogP contribution >= 0.6 is 0 Å². The fourth-order valence-electron chi connectivity index (χ4n) is 10.4. The maximum atomic E-state index is 12.9. The zero-order chi connectivity index (χ0) is 56.4. The third kappa shape index (κ3) is 64.2. The van der Waals surface area contributed by atoms with E-state index in [0.29, 0.717) is 19.3 Å². The van der Waals surface area contributed by atoms with Crippen LogP contribution in [0, 0.1) is 0 Å². The SMILES string of the molecule is CC/C=C\C/C=C\C/C=C\C/C=C\CCCCCCCCCCCCCCCCCCC(=O)OCC(COC(=O)CCCCCCCCCCCCCCCCC)OC(=O)CCCCCCCCCCCCCCCCCC. The van der Waals surface area contributed by atoms with E-state index in [9.17, 15) is 14.4 Å². The number of allylic oxidation sites excluding steroid dienone is 8. The average Bonchev–Trinajstić information content (AvgIpc) is 3.44. The standard InChI is InChI=1S/C72H132O6/c1-4-7-10-13-16-19-22-25-28-30-31-32-33-34-35-36-37-38-39-40-41-42-45-47-50-53-56-59-62-65-71(74)77-68-69(67-76-70(73)64-61-58-55-52-49-46-43-27-24-21-18-15-12-9-6-3)78-72(75)66-63-60-57-54-51-48-44-29-26-23-20-17-14-11-8-5-2/h7,10,16,19,25,28,31-32,69H,4-6,8-9,11-15,17-18,20-24,26-27,29-30,33-68H2,1-3H3/b10-7-,19-16-,28-25-,32-31-. The van der Waals surface area contributed by atoms with Crippen molar-refractivity contribution in [2.75, 3.05) is 13.2 Å². The predicted octanol–water partition coefficient (Wildman–Crippen LogP) is 23.7. The molecule has 456 valence electrons. The second kappa shape index (κ2) is 66.9. The van der Waals surface area contributed by atoms with Gasteiger partial charge in [0.2, 0.25) is 0 Å². The van der Waals surface area contributed by atoms with E-state index >= 15 is 0 Å². The summed E-state index contributed by atoms with van der Waals surface area (Å²) < 4.78 is 17.0. The van der Waals surface area contributed by atoms with Gasteiger partial charge in [0.25, 0.3) is 0 Å². The summed E-state index contributed by atoms with van der Waals surface area (Å²) in [6, 6.07) is 0. The van der Waals surface area contributed by atoms with Crippen molar-refractivity contribution < 1.29 is 28.6 Å². The Kier molecular flexibility index (Phi) is 64.6. The lowest BCUT2D eigenvalue weighted by molar-refractivity contribution is -0.167. The largest absolute Gasteiger partial charge is 0.462 e. The average molecular weight is 1090 g/mol. The highest BCUT2D eigenvalue weighted by Crippen LogP contribution is 2.18. The molecule has 6 heteroatoms. The fourth-order valence-corrected chi connectivity index (χ4v) is 10.4. The van der Waals surface area contributed by atoms with Crippen molar-refractivity contribution in [2.24, 2.45) is 0 Å². The van der Waals surface area contributed by atoms with E-state index in [-0.39, 0.29) is 31.1 Å². The number of ether oxygens (including phenoxy) is 3. The summed E-state index contributed by atoms with van der Waals surface area (Å²) in [6.07, 6.45) is 84.2. The van der Waals surface area contributed by atoms with Gasteiger partial charge in [-0.1, -0.05) is 345 Å². The predicted molar refractivity (Wildman–Crippen MR) is 339 cm³/mol. The molecule has 1 atom stereocenters. The van der Waals surface area contributed by atoms with E-state index in [1.165, 1.54) is 250 Å². The molecule has 0 aliphatic heterocycles. The van der Waals surface area contributed by atoms with Crippen LogP contribution in [-0.4, -0.2) is 37.2 Å². The van der Waals surface area contributed by atoms with Gasteiger partial charge in [-0.15, -0.1) is 0 Å². The van der Waals surface area contributed by atoms with Gasteiger partial charge in [0.1, 0.15) is 13.2 Å². The number of hydrogen-bond acceptors (Lipinski definition) is 6. The molecule has 0 aromatic heterocycles. The first-order valence-electron chi connectivity index (χ1n) is 34.6. The van der Waals surface area contributed by atoms with Crippen molar-refractivity contribution in [1.29, 1.82) is 0 Å². The van der Waals surface area contributed by atoms with E-state index < -0.39 is 6.10 Å². The van der Waals surface area contributed by atoms with Gasteiger partial charge in [-0.2, -0.15) is 0 Å². The molecule has 0 N–H and O–H groups in total. The first-order valence-corrected chi connectivity index (χ1v) is 34.6. The van der Waals surface area contributed by atoms with Gasteiger partial charge in [-0.3, -0.25) is 14.4 Å². The second-order valence-electron chi connectivity index (χ2n) is 23.4.